The molecule has 8 heteroatoms. The molecule has 0 saturated heterocycles. The van der Waals surface area contributed by atoms with Gasteiger partial charge in [-0.1, -0.05) is 59.2 Å². The van der Waals surface area contributed by atoms with Crippen molar-refractivity contribution in [2.45, 2.75) is 6.61 Å². The molecule has 7 nitrogen and oxygen atoms in total. The lowest BCUT2D eigenvalue weighted by molar-refractivity contribution is -0.132. The van der Waals surface area contributed by atoms with Crippen molar-refractivity contribution < 1.29 is 19.1 Å². The molecule has 0 bridgehead atoms. The first-order valence-electron chi connectivity index (χ1n) is 8.74. The highest BCUT2D eigenvalue weighted by Gasteiger charge is 2.20. The SMILES string of the molecule is CO/N=C(/C(=O)OC)c1ccccc1COc1cc(-c2ccccc2Cl)nn1C. The second-order valence-corrected chi connectivity index (χ2v) is 6.44. The Labute approximate surface area is 173 Å². The van der Waals surface area contributed by atoms with Gasteiger partial charge in [0, 0.05) is 24.2 Å². The van der Waals surface area contributed by atoms with Crippen molar-refractivity contribution in [2.75, 3.05) is 14.2 Å². The smallest absolute Gasteiger partial charge is 0.360 e. The molecule has 0 saturated carbocycles. The Morgan fingerprint density at radius 3 is 2.59 bits per heavy atom. The Morgan fingerprint density at radius 1 is 1.14 bits per heavy atom. The molecule has 0 aliphatic rings. The molecule has 0 amide bonds. The van der Waals surface area contributed by atoms with Crippen molar-refractivity contribution in [1.29, 1.82) is 0 Å². The van der Waals surface area contributed by atoms with Gasteiger partial charge in [0.25, 0.3) is 0 Å². The zero-order valence-electron chi connectivity index (χ0n) is 16.3. The summed E-state index contributed by atoms with van der Waals surface area (Å²) in [5, 5.41) is 8.89. The summed E-state index contributed by atoms with van der Waals surface area (Å²) in [4.78, 5) is 16.9. The molecule has 3 rings (SSSR count). The number of esters is 1. The van der Waals surface area contributed by atoms with Crippen molar-refractivity contribution in [2.24, 2.45) is 12.2 Å². The Kier molecular flexibility index (Phi) is 6.51. The largest absolute Gasteiger partial charge is 0.473 e. The Bertz CT molecular complexity index is 1050. The Morgan fingerprint density at radius 2 is 1.86 bits per heavy atom. The fourth-order valence-corrected chi connectivity index (χ4v) is 3.03. The monoisotopic (exact) mass is 413 g/mol. The van der Waals surface area contributed by atoms with Gasteiger partial charge in [0.1, 0.15) is 13.7 Å². The lowest BCUT2D eigenvalue weighted by Gasteiger charge is -2.11. The topological polar surface area (TPSA) is 74.9 Å². The van der Waals surface area contributed by atoms with Crippen molar-refractivity contribution >= 4 is 23.3 Å². The molecule has 1 aromatic heterocycles. The molecule has 2 aromatic carbocycles. The first kappa shape index (κ1) is 20.4. The molecule has 150 valence electrons. The highest BCUT2D eigenvalue weighted by atomic mass is 35.5. The minimum absolute atomic E-state index is 0.0657. The minimum atomic E-state index is -0.596. The van der Waals surface area contributed by atoms with E-state index in [1.807, 2.05) is 42.5 Å². The summed E-state index contributed by atoms with van der Waals surface area (Å²) >= 11 is 6.26. The van der Waals surface area contributed by atoms with E-state index in [0.717, 1.165) is 11.1 Å². The van der Waals surface area contributed by atoms with Crippen LogP contribution in [0.15, 0.2) is 59.8 Å². The highest BCUT2D eigenvalue weighted by molar-refractivity contribution is 6.43. The molecule has 0 N–H and O–H groups in total. The van der Waals surface area contributed by atoms with E-state index in [0.29, 0.717) is 22.2 Å². The maximum Gasteiger partial charge on any atom is 0.360 e. The molecule has 29 heavy (non-hydrogen) atoms. The average Bonchev–Trinajstić information content (AvgIpc) is 3.11. The van der Waals surface area contributed by atoms with E-state index >= 15 is 0 Å². The van der Waals surface area contributed by atoms with Gasteiger partial charge in [-0.05, 0) is 11.6 Å². The number of aromatic nitrogens is 2. The van der Waals surface area contributed by atoms with E-state index < -0.39 is 5.97 Å². The number of carbonyl (C=O) groups excluding carboxylic acids is 1. The maximum absolute atomic E-state index is 12.1. The van der Waals surface area contributed by atoms with Crippen LogP contribution in [0, 0.1) is 0 Å². The molecule has 1 heterocycles. The molecule has 0 fully saturated rings. The number of rotatable bonds is 7. The van der Waals surface area contributed by atoms with Gasteiger partial charge in [0.2, 0.25) is 5.88 Å². The van der Waals surface area contributed by atoms with E-state index in [1.165, 1.54) is 14.2 Å². The number of hydrogen-bond donors (Lipinski definition) is 0. The highest BCUT2D eigenvalue weighted by Crippen LogP contribution is 2.29. The van der Waals surface area contributed by atoms with Crippen LogP contribution in [0.3, 0.4) is 0 Å². The summed E-state index contributed by atoms with van der Waals surface area (Å²) in [7, 11) is 4.44. The van der Waals surface area contributed by atoms with Crippen LogP contribution in [0.5, 0.6) is 5.88 Å². The van der Waals surface area contributed by atoms with Crippen LogP contribution >= 0.6 is 11.6 Å². The summed E-state index contributed by atoms with van der Waals surface area (Å²) < 4.78 is 12.4. The quantitative estimate of drug-likeness (QED) is 0.334. The third-order valence-electron chi connectivity index (χ3n) is 4.20. The zero-order chi connectivity index (χ0) is 20.8. The van der Waals surface area contributed by atoms with Gasteiger partial charge in [0.15, 0.2) is 5.71 Å². The summed E-state index contributed by atoms with van der Waals surface area (Å²) in [5.74, 6) is -0.0427. The van der Waals surface area contributed by atoms with Crippen molar-refractivity contribution in [3.05, 3.63) is 70.7 Å². The van der Waals surface area contributed by atoms with E-state index in [-0.39, 0.29) is 12.3 Å². The predicted octanol–water partition coefficient (Wildman–Crippen LogP) is 3.84. The van der Waals surface area contributed by atoms with Crippen molar-refractivity contribution in [3.8, 4) is 17.1 Å². The van der Waals surface area contributed by atoms with Crippen LogP contribution in [-0.4, -0.2) is 35.7 Å². The van der Waals surface area contributed by atoms with Gasteiger partial charge in [-0.25, -0.2) is 9.48 Å². The average molecular weight is 414 g/mol. The number of ether oxygens (including phenoxy) is 2. The van der Waals surface area contributed by atoms with Gasteiger partial charge >= 0.3 is 5.97 Å². The summed E-state index contributed by atoms with van der Waals surface area (Å²) in [5.41, 5.74) is 2.90. The van der Waals surface area contributed by atoms with Crippen LogP contribution in [-0.2, 0) is 28.0 Å². The van der Waals surface area contributed by atoms with E-state index in [9.17, 15) is 4.79 Å². The van der Waals surface area contributed by atoms with Gasteiger partial charge in [-0.15, -0.1) is 0 Å². The number of methoxy groups -OCH3 is 1. The van der Waals surface area contributed by atoms with E-state index in [4.69, 9.17) is 25.9 Å². The van der Waals surface area contributed by atoms with Crippen LogP contribution in [0.1, 0.15) is 11.1 Å². The fourth-order valence-electron chi connectivity index (χ4n) is 2.80. The van der Waals surface area contributed by atoms with Crippen LogP contribution < -0.4 is 4.74 Å². The summed E-state index contributed by atoms with van der Waals surface area (Å²) in [6.45, 7) is 0.192. The molecule has 3 aromatic rings. The fraction of sp³-hybridized carbons (Fsp3) is 0.190. The van der Waals surface area contributed by atoms with Gasteiger partial charge in [0.05, 0.1) is 17.8 Å². The molecule has 0 unspecified atom stereocenters. The number of halogens is 1. The number of hydrogen-bond acceptors (Lipinski definition) is 6. The molecule has 0 radical (unpaired) electrons. The number of carbonyl (C=O) groups is 1. The van der Waals surface area contributed by atoms with Crippen LogP contribution in [0.2, 0.25) is 5.02 Å². The van der Waals surface area contributed by atoms with Crippen molar-refractivity contribution in [1.82, 2.24) is 9.78 Å². The minimum Gasteiger partial charge on any atom is -0.473 e. The Balaban J connectivity index is 1.86. The molecular formula is C21H20ClN3O4. The lowest BCUT2D eigenvalue weighted by Crippen LogP contribution is -2.20. The van der Waals surface area contributed by atoms with E-state index in [1.54, 1.807) is 23.9 Å². The number of oxime groups is 1. The van der Waals surface area contributed by atoms with Gasteiger partial charge in [-0.3, -0.25) is 0 Å². The van der Waals surface area contributed by atoms with Gasteiger partial charge in [-0.2, -0.15) is 5.10 Å². The maximum atomic E-state index is 12.1. The molecular weight excluding hydrogens is 394 g/mol. The normalized spacial score (nSPS) is 11.2. The standard InChI is InChI=1S/C21H20ClN3O4/c1-25-19(12-18(23-25)16-10-6-7-11-17(16)22)29-13-14-8-4-5-9-15(14)20(24-28-3)21(26)27-2/h4-12H,13H2,1-3H3/b24-20+. The summed E-state index contributed by atoms with van der Waals surface area (Å²) in [6, 6.07) is 16.5. The molecule has 0 spiro atoms. The first-order chi connectivity index (χ1) is 14.0. The molecule has 0 atom stereocenters. The van der Waals surface area contributed by atoms with Crippen LogP contribution in [0.25, 0.3) is 11.3 Å². The number of aryl methyl sites for hydroxylation is 1. The third kappa shape index (κ3) is 4.57. The third-order valence-corrected chi connectivity index (χ3v) is 4.53. The predicted molar refractivity (Wildman–Crippen MR) is 110 cm³/mol. The zero-order valence-corrected chi connectivity index (χ0v) is 17.0. The van der Waals surface area contributed by atoms with Crippen LogP contribution in [0.4, 0.5) is 0 Å². The number of benzene rings is 2. The second kappa shape index (κ2) is 9.25. The first-order valence-corrected chi connectivity index (χ1v) is 9.12. The Hall–Kier alpha value is -3.32. The molecule has 0 aliphatic heterocycles. The van der Waals surface area contributed by atoms with E-state index in [2.05, 4.69) is 10.3 Å². The summed E-state index contributed by atoms with van der Waals surface area (Å²) in [6.07, 6.45) is 0. The number of nitrogens with zero attached hydrogens (tertiary/aromatic N) is 3. The second-order valence-electron chi connectivity index (χ2n) is 6.03. The van der Waals surface area contributed by atoms with Crippen molar-refractivity contribution in [3.63, 3.8) is 0 Å². The van der Waals surface area contributed by atoms with Gasteiger partial charge < -0.3 is 14.3 Å². The lowest BCUT2D eigenvalue weighted by atomic mass is 10.0. The molecule has 0 aliphatic carbocycles.